The Kier molecular flexibility index (Phi) is 3.20. The van der Waals surface area contributed by atoms with Crippen LogP contribution in [0.15, 0.2) is 0 Å². The number of quaternary nitrogens is 1. The minimum absolute atomic E-state index is 0.724. The average Bonchev–Trinajstić information content (AvgIpc) is 1.59. The maximum atomic E-state index is 2.35. The lowest BCUT2D eigenvalue weighted by atomic mass is 10.1. The molecule has 0 atom stereocenters. The topological polar surface area (TPSA) is 0 Å². The zero-order valence-corrected chi connectivity index (χ0v) is 7.31. The quantitative estimate of drug-likeness (QED) is 0.507. The van der Waals surface area contributed by atoms with E-state index in [4.69, 9.17) is 0 Å². The van der Waals surface area contributed by atoms with E-state index in [1.54, 1.807) is 0 Å². The number of rotatable bonds is 3. The summed E-state index contributed by atoms with van der Waals surface area (Å²) in [4.78, 5) is 0. The molecule has 0 aromatic rings. The SMILES string of the molecule is CC(C)[CH]C[N+](C)(C)C. The molecule has 0 fully saturated rings. The molecule has 0 aliphatic carbocycles. The molecule has 9 heavy (non-hydrogen) atoms. The summed E-state index contributed by atoms with van der Waals surface area (Å²) in [5.41, 5.74) is 0. The normalized spacial score (nSPS) is 12.7. The van der Waals surface area contributed by atoms with Crippen molar-refractivity contribution in [1.29, 1.82) is 0 Å². The van der Waals surface area contributed by atoms with Crippen LogP contribution in [0.3, 0.4) is 0 Å². The predicted octanol–water partition coefficient (Wildman–Crippen LogP) is 1.55. The molecule has 0 unspecified atom stereocenters. The Morgan fingerprint density at radius 3 is 1.78 bits per heavy atom. The van der Waals surface area contributed by atoms with Gasteiger partial charge in [-0.15, -0.1) is 0 Å². The van der Waals surface area contributed by atoms with Gasteiger partial charge in [0.1, 0.15) is 0 Å². The Morgan fingerprint density at radius 1 is 1.22 bits per heavy atom. The van der Waals surface area contributed by atoms with Gasteiger partial charge in [-0.05, 0) is 5.92 Å². The second-order valence-corrected chi connectivity index (χ2v) is 3.95. The molecule has 0 saturated heterocycles. The van der Waals surface area contributed by atoms with Crippen LogP contribution in [-0.2, 0) is 0 Å². The average molecular weight is 129 g/mol. The van der Waals surface area contributed by atoms with Crippen LogP contribution in [0.4, 0.5) is 0 Å². The van der Waals surface area contributed by atoms with Crippen molar-refractivity contribution in [2.45, 2.75) is 13.8 Å². The monoisotopic (exact) mass is 129 g/mol. The van der Waals surface area contributed by atoms with Gasteiger partial charge in [0.2, 0.25) is 0 Å². The van der Waals surface area contributed by atoms with Gasteiger partial charge in [0, 0.05) is 6.42 Å². The van der Waals surface area contributed by atoms with Gasteiger partial charge in [0.15, 0.2) is 0 Å². The third kappa shape index (κ3) is 7.96. The highest BCUT2D eigenvalue weighted by molar-refractivity contribution is 4.66. The summed E-state index contributed by atoms with van der Waals surface area (Å²) < 4.78 is 1.04. The van der Waals surface area contributed by atoms with Crippen LogP contribution in [0.25, 0.3) is 0 Å². The van der Waals surface area contributed by atoms with Crippen molar-refractivity contribution in [1.82, 2.24) is 0 Å². The van der Waals surface area contributed by atoms with E-state index in [-0.39, 0.29) is 0 Å². The van der Waals surface area contributed by atoms with Gasteiger partial charge in [-0.1, -0.05) is 13.8 Å². The first-order chi connectivity index (χ1) is 3.92. The molecular weight excluding hydrogens is 110 g/mol. The van der Waals surface area contributed by atoms with E-state index in [0.717, 1.165) is 16.9 Å². The van der Waals surface area contributed by atoms with Gasteiger partial charge in [0.25, 0.3) is 0 Å². The van der Waals surface area contributed by atoms with E-state index in [2.05, 4.69) is 41.4 Å². The van der Waals surface area contributed by atoms with Crippen molar-refractivity contribution in [3.05, 3.63) is 6.42 Å². The fourth-order valence-corrected chi connectivity index (χ4v) is 0.527. The van der Waals surface area contributed by atoms with Gasteiger partial charge in [-0.25, -0.2) is 0 Å². The van der Waals surface area contributed by atoms with Gasteiger partial charge in [-0.2, -0.15) is 0 Å². The summed E-state index contributed by atoms with van der Waals surface area (Å²) in [5.74, 6) is 0.724. The largest absolute Gasteiger partial charge is 0.331 e. The lowest BCUT2D eigenvalue weighted by Gasteiger charge is -2.24. The van der Waals surface area contributed by atoms with Crippen LogP contribution in [-0.4, -0.2) is 32.2 Å². The smallest absolute Gasteiger partial charge is 0.0816 e. The molecule has 0 N–H and O–H groups in total. The first-order valence-corrected chi connectivity index (χ1v) is 3.55. The van der Waals surface area contributed by atoms with Crippen molar-refractivity contribution < 1.29 is 4.48 Å². The van der Waals surface area contributed by atoms with E-state index in [0.29, 0.717) is 0 Å². The van der Waals surface area contributed by atoms with Crippen molar-refractivity contribution in [2.75, 3.05) is 27.7 Å². The third-order valence-electron chi connectivity index (χ3n) is 1.12. The fourth-order valence-electron chi connectivity index (χ4n) is 0.527. The number of hydrogen-bond donors (Lipinski definition) is 0. The number of hydrogen-bond acceptors (Lipinski definition) is 0. The zero-order chi connectivity index (χ0) is 7.49. The van der Waals surface area contributed by atoms with Crippen molar-refractivity contribution in [3.8, 4) is 0 Å². The predicted molar refractivity (Wildman–Crippen MR) is 42.0 cm³/mol. The summed E-state index contributed by atoms with van der Waals surface area (Å²) in [7, 11) is 6.62. The molecule has 0 aliphatic heterocycles. The maximum absolute atomic E-state index is 2.35. The van der Waals surface area contributed by atoms with E-state index in [9.17, 15) is 0 Å². The molecule has 0 aromatic carbocycles. The molecular formula is C8H19N+. The molecule has 0 rings (SSSR count). The molecule has 0 bridgehead atoms. The fraction of sp³-hybridized carbons (Fsp3) is 0.875. The van der Waals surface area contributed by atoms with Crippen molar-refractivity contribution in [3.63, 3.8) is 0 Å². The Morgan fingerprint density at radius 2 is 1.67 bits per heavy atom. The minimum atomic E-state index is 0.724. The van der Waals surface area contributed by atoms with Gasteiger partial charge in [0.05, 0.1) is 27.7 Å². The van der Waals surface area contributed by atoms with Crippen LogP contribution in [0.2, 0.25) is 0 Å². The Balaban J connectivity index is 3.28. The van der Waals surface area contributed by atoms with Crippen molar-refractivity contribution >= 4 is 0 Å². The molecule has 0 amide bonds. The van der Waals surface area contributed by atoms with Gasteiger partial charge < -0.3 is 4.48 Å². The summed E-state index contributed by atoms with van der Waals surface area (Å²) in [6.07, 6.45) is 2.35. The first kappa shape index (κ1) is 8.96. The molecule has 0 aliphatic rings. The lowest BCUT2D eigenvalue weighted by Crippen LogP contribution is -2.36. The molecule has 1 nitrogen and oxygen atoms in total. The van der Waals surface area contributed by atoms with E-state index in [1.165, 1.54) is 0 Å². The summed E-state index contributed by atoms with van der Waals surface area (Å²) in [5, 5.41) is 0. The van der Waals surface area contributed by atoms with E-state index in [1.807, 2.05) is 0 Å². The Bertz CT molecular complexity index is 69.1. The molecule has 0 heterocycles. The molecule has 0 aromatic heterocycles. The minimum Gasteiger partial charge on any atom is -0.331 e. The number of nitrogens with zero attached hydrogens (tertiary/aromatic N) is 1. The molecule has 1 radical (unpaired) electrons. The maximum Gasteiger partial charge on any atom is 0.0816 e. The third-order valence-corrected chi connectivity index (χ3v) is 1.12. The second kappa shape index (κ2) is 3.21. The molecule has 0 saturated carbocycles. The first-order valence-electron chi connectivity index (χ1n) is 3.55. The zero-order valence-electron chi connectivity index (χ0n) is 7.31. The van der Waals surface area contributed by atoms with Gasteiger partial charge >= 0.3 is 0 Å². The molecule has 55 valence electrons. The van der Waals surface area contributed by atoms with Crippen LogP contribution >= 0.6 is 0 Å². The summed E-state index contributed by atoms with van der Waals surface area (Å²) in [6, 6.07) is 0. The van der Waals surface area contributed by atoms with Crippen LogP contribution in [0.5, 0.6) is 0 Å². The lowest BCUT2D eigenvalue weighted by molar-refractivity contribution is -0.866. The molecule has 0 spiro atoms. The Hall–Kier alpha value is -0.0400. The van der Waals surface area contributed by atoms with Crippen LogP contribution in [0, 0.1) is 12.3 Å². The van der Waals surface area contributed by atoms with E-state index < -0.39 is 0 Å². The summed E-state index contributed by atoms with van der Waals surface area (Å²) >= 11 is 0. The van der Waals surface area contributed by atoms with E-state index >= 15 is 0 Å². The Labute approximate surface area is 59.3 Å². The highest BCUT2D eigenvalue weighted by atomic mass is 15.3. The standard InChI is InChI=1S/C8H19N/c1-8(2)6-7-9(3,4)5/h6,8H,7H2,1-5H3/q+1. The van der Waals surface area contributed by atoms with Crippen molar-refractivity contribution in [2.24, 2.45) is 5.92 Å². The van der Waals surface area contributed by atoms with Crippen LogP contribution in [0.1, 0.15) is 13.8 Å². The summed E-state index contributed by atoms with van der Waals surface area (Å²) in [6.45, 7) is 5.60. The highest BCUT2D eigenvalue weighted by Gasteiger charge is 2.07. The molecule has 1 heteroatoms. The van der Waals surface area contributed by atoms with Gasteiger partial charge in [-0.3, -0.25) is 0 Å². The highest BCUT2D eigenvalue weighted by Crippen LogP contribution is 2.01. The second-order valence-electron chi connectivity index (χ2n) is 3.95. The van der Waals surface area contributed by atoms with Crippen LogP contribution < -0.4 is 0 Å².